The highest BCUT2D eigenvalue weighted by atomic mass is 35.5. The minimum absolute atomic E-state index is 0.0593. The summed E-state index contributed by atoms with van der Waals surface area (Å²) in [6.07, 6.45) is 9.52. The minimum Gasteiger partial charge on any atom is -0.325 e. The van der Waals surface area contributed by atoms with Crippen molar-refractivity contribution in [1.29, 1.82) is 0 Å². The number of hydrogen-bond acceptors (Lipinski definition) is 4. The first kappa shape index (κ1) is 20.4. The van der Waals surface area contributed by atoms with E-state index in [9.17, 15) is 4.79 Å². The average molecular weight is 445 g/mol. The lowest BCUT2D eigenvalue weighted by molar-refractivity contribution is -0.113. The van der Waals surface area contributed by atoms with Crippen molar-refractivity contribution in [1.82, 2.24) is 14.8 Å². The quantitative estimate of drug-likeness (QED) is 0.617. The number of thioether (sulfide) groups is 1. The van der Waals surface area contributed by atoms with E-state index in [0.29, 0.717) is 16.2 Å². The Morgan fingerprint density at radius 2 is 1.87 bits per heavy atom. The molecule has 4 aliphatic carbocycles. The second-order valence-electron chi connectivity index (χ2n) is 9.80. The summed E-state index contributed by atoms with van der Waals surface area (Å²) in [6, 6.07) is 5.54. The van der Waals surface area contributed by atoms with Crippen molar-refractivity contribution in [3.05, 3.63) is 34.6 Å². The first-order valence-electron chi connectivity index (χ1n) is 11.0. The molecule has 0 radical (unpaired) electrons. The summed E-state index contributed by atoms with van der Waals surface area (Å²) >= 11 is 7.59. The molecule has 1 heterocycles. The lowest BCUT2D eigenvalue weighted by Gasteiger charge is -2.56. The Morgan fingerprint density at radius 1 is 1.20 bits per heavy atom. The first-order chi connectivity index (χ1) is 14.4. The van der Waals surface area contributed by atoms with Crippen molar-refractivity contribution in [2.24, 2.45) is 30.2 Å². The average Bonchev–Trinajstić information content (AvgIpc) is 3.02. The topological polar surface area (TPSA) is 59.8 Å². The fourth-order valence-electron chi connectivity index (χ4n) is 6.53. The van der Waals surface area contributed by atoms with Crippen molar-refractivity contribution in [2.45, 2.75) is 57.0 Å². The number of amides is 1. The van der Waals surface area contributed by atoms with Crippen LogP contribution >= 0.6 is 23.4 Å². The summed E-state index contributed by atoms with van der Waals surface area (Å²) in [4.78, 5) is 12.4. The Morgan fingerprint density at radius 3 is 2.53 bits per heavy atom. The Kier molecular flexibility index (Phi) is 5.34. The van der Waals surface area contributed by atoms with Gasteiger partial charge in [-0.15, -0.1) is 10.2 Å². The van der Waals surface area contributed by atoms with E-state index >= 15 is 0 Å². The van der Waals surface area contributed by atoms with Crippen LogP contribution in [0.15, 0.2) is 23.4 Å². The summed E-state index contributed by atoms with van der Waals surface area (Å²) in [5, 5.41) is 13.3. The van der Waals surface area contributed by atoms with Crippen molar-refractivity contribution in [2.75, 3.05) is 11.1 Å². The summed E-state index contributed by atoms with van der Waals surface area (Å²) in [6.45, 7) is 1.91. The van der Waals surface area contributed by atoms with Gasteiger partial charge in [-0.1, -0.05) is 29.4 Å². The number of benzene rings is 1. The lowest BCUT2D eigenvalue weighted by atomic mass is 9.49. The molecule has 30 heavy (non-hydrogen) atoms. The summed E-state index contributed by atoms with van der Waals surface area (Å²) < 4.78 is 2.10. The van der Waals surface area contributed by atoms with Crippen LogP contribution in [0.4, 0.5) is 5.69 Å². The van der Waals surface area contributed by atoms with Crippen LogP contribution in [0, 0.1) is 30.1 Å². The molecule has 1 amide bonds. The van der Waals surface area contributed by atoms with Crippen LogP contribution in [-0.4, -0.2) is 26.4 Å². The van der Waals surface area contributed by atoms with Gasteiger partial charge < -0.3 is 9.88 Å². The van der Waals surface area contributed by atoms with E-state index in [0.717, 1.165) is 46.4 Å². The SMILES string of the molecule is Cc1c(Cl)cccc1NC(=O)CSc1nnc(CC23CC4CC(CC(C4)C2)C3)n1C. The molecule has 0 saturated heterocycles. The Hall–Kier alpha value is -1.53. The standard InChI is InChI=1S/C23H29ClN4OS/c1-14-18(24)4-3-5-19(14)25-21(29)13-30-22-27-26-20(28(22)2)12-23-9-15-6-16(10-23)8-17(7-15)11-23/h3-5,15-17H,6-13H2,1-2H3,(H,25,29). The van der Waals surface area contributed by atoms with Crippen LogP contribution < -0.4 is 5.32 Å². The number of anilines is 1. The number of rotatable bonds is 6. The predicted molar refractivity (Wildman–Crippen MR) is 121 cm³/mol. The number of hydrogen-bond donors (Lipinski definition) is 1. The van der Waals surface area contributed by atoms with Crippen molar-refractivity contribution in [3.8, 4) is 0 Å². The lowest BCUT2D eigenvalue weighted by Crippen LogP contribution is -2.47. The van der Waals surface area contributed by atoms with Crippen LogP contribution in [0.5, 0.6) is 0 Å². The summed E-state index contributed by atoms with van der Waals surface area (Å²) in [7, 11) is 2.04. The minimum atomic E-state index is -0.0593. The molecular weight excluding hydrogens is 416 g/mol. The molecule has 6 rings (SSSR count). The van der Waals surface area contributed by atoms with Gasteiger partial charge in [0.2, 0.25) is 5.91 Å². The van der Waals surface area contributed by atoms with Gasteiger partial charge in [0, 0.05) is 24.2 Å². The molecule has 4 fully saturated rings. The molecule has 2 aromatic rings. The highest BCUT2D eigenvalue weighted by Gasteiger charge is 2.51. The maximum Gasteiger partial charge on any atom is 0.234 e. The first-order valence-corrected chi connectivity index (χ1v) is 12.3. The Bertz CT molecular complexity index is 937. The van der Waals surface area contributed by atoms with E-state index in [-0.39, 0.29) is 5.91 Å². The molecule has 4 bridgehead atoms. The zero-order valence-electron chi connectivity index (χ0n) is 17.7. The van der Waals surface area contributed by atoms with Crippen LogP contribution in [0.1, 0.15) is 49.9 Å². The third-order valence-electron chi connectivity index (χ3n) is 7.50. The smallest absolute Gasteiger partial charge is 0.234 e. The molecule has 5 nitrogen and oxygen atoms in total. The molecule has 4 aliphatic rings. The van der Waals surface area contributed by atoms with Gasteiger partial charge in [-0.3, -0.25) is 4.79 Å². The fraction of sp³-hybridized carbons (Fsp3) is 0.609. The molecule has 0 unspecified atom stereocenters. The van der Waals surface area contributed by atoms with Gasteiger partial charge in [-0.05, 0) is 86.3 Å². The van der Waals surface area contributed by atoms with E-state index in [1.165, 1.54) is 50.3 Å². The van der Waals surface area contributed by atoms with Gasteiger partial charge in [0.05, 0.1) is 5.75 Å². The number of halogens is 1. The highest BCUT2D eigenvalue weighted by Crippen LogP contribution is 2.60. The van der Waals surface area contributed by atoms with Crippen LogP contribution in [0.2, 0.25) is 5.02 Å². The second-order valence-corrected chi connectivity index (χ2v) is 11.2. The highest BCUT2D eigenvalue weighted by molar-refractivity contribution is 7.99. The summed E-state index contributed by atoms with van der Waals surface area (Å²) in [5.41, 5.74) is 2.08. The maximum atomic E-state index is 12.4. The van der Waals surface area contributed by atoms with E-state index in [2.05, 4.69) is 20.1 Å². The number of carbonyl (C=O) groups excluding carboxylic acids is 1. The maximum absolute atomic E-state index is 12.4. The second kappa shape index (κ2) is 7.86. The third-order valence-corrected chi connectivity index (χ3v) is 8.93. The monoisotopic (exact) mass is 444 g/mol. The van der Waals surface area contributed by atoms with Gasteiger partial charge in [0.15, 0.2) is 5.16 Å². The van der Waals surface area contributed by atoms with Gasteiger partial charge in [-0.2, -0.15) is 0 Å². The Labute approximate surface area is 187 Å². The molecule has 0 spiro atoms. The fourth-order valence-corrected chi connectivity index (χ4v) is 7.43. The van der Waals surface area contributed by atoms with E-state index in [1.54, 1.807) is 0 Å². The number of nitrogens with zero attached hydrogens (tertiary/aromatic N) is 3. The predicted octanol–water partition coefficient (Wildman–Crippen LogP) is 5.27. The van der Waals surface area contributed by atoms with Crippen LogP contribution in [0.3, 0.4) is 0 Å². The van der Waals surface area contributed by atoms with Crippen molar-refractivity contribution >= 4 is 35.0 Å². The molecular formula is C23H29ClN4OS. The van der Waals surface area contributed by atoms with Crippen LogP contribution in [0.25, 0.3) is 0 Å². The van der Waals surface area contributed by atoms with Crippen molar-refractivity contribution < 1.29 is 4.79 Å². The number of nitrogens with one attached hydrogen (secondary N) is 1. The molecule has 0 atom stereocenters. The largest absolute Gasteiger partial charge is 0.325 e. The van der Waals surface area contributed by atoms with Gasteiger partial charge >= 0.3 is 0 Å². The normalized spacial score (nSPS) is 29.4. The molecule has 7 heteroatoms. The van der Waals surface area contributed by atoms with Crippen LogP contribution in [-0.2, 0) is 18.3 Å². The Balaban J connectivity index is 1.21. The molecule has 1 aromatic carbocycles. The molecule has 4 saturated carbocycles. The van der Waals surface area contributed by atoms with Gasteiger partial charge in [-0.25, -0.2) is 0 Å². The number of carbonyl (C=O) groups is 1. The molecule has 1 N–H and O–H groups in total. The van der Waals surface area contributed by atoms with Gasteiger partial charge in [0.1, 0.15) is 5.82 Å². The van der Waals surface area contributed by atoms with E-state index in [1.807, 2.05) is 32.2 Å². The molecule has 160 valence electrons. The third kappa shape index (κ3) is 3.89. The zero-order chi connectivity index (χ0) is 20.9. The van der Waals surface area contributed by atoms with E-state index < -0.39 is 0 Å². The molecule has 0 aliphatic heterocycles. The molecule has 1 aromatic heterocycles. The zero-order valence-corrected chi connectivity index (χ0v) is 19.2. The summed E-state index contributed by atoms with van der Waals surface area (Å²) in [5.74, 6) is 4.14. The number of aromatic nitrogens is 3. The van der Waals surface area contributed by atoms with Crippen molar-refractivity contribution in [3.63, 3.8) is 0 Å². The van der Waals surface area contributed by atoms with Gasteiger partial charge in [0.25, 0.3) is 0 Å². The van der Waals surface area contributed by atoms with E-state index in [4.69, 9.17) is 11.6 Å².